The molecular formula is C23H34N4O6S. The second-order valence-electron chi connectivity index (χ2n) is 9.18. The maximum absolute atomic E-state index is 13.0. The molecule has 4 rings (SSSR count). The fourth-order valence-corrected chi connectivity index (χ4v) is 6.42. The number of piperazine rings is 1. The SMILES string of the molecule is CC1CN(S(=O)(=O)N2CCN(C(=O)CCCOc3ccc4c(c3)CCC(=O)N4)CC2)CC(C)O1. The molecule has 2 atom stereocenters. The number of aryl methyl sites for hydroxylation is 1. The number of rotatable bonds is 7. The number of hydrogen-bond acceptors (Lipinski definition) is 6. The van der Waals surface area contributed by atoms with E-state index in [0.717, 1.165) is 17.0 Å². The Labute approximate surface area is 201 Å². The molecule has 1 aromatic carbocycles. The van der Waals surface area contributed by atoms with E-state index in [2.05, 4.69) is 5.32 Å². The molecule has 0 aromatic heterocycles. The average Bonchev–Trinajstić information content (AvgIpc) is 2.81. The van der Waals surface area contributed by atoms with Crippen LogP contribution in [0.2, 0.25) is 0 Å². The number of ether oxygens (including phenoxy) is 2. The minimum absolute atomic E-state index is 0.0161. The number of carbonyl (C=O) groups excluding carboxylic acids is 2. The number of carbonyl (C=O) groups is 2. The van der Waals surface area contributed by atoms with Crippen molar-refractivity contribution in [3.8, 4) is 5.75 Å². The van der Waals surface area contributed by atoms with Gasteiger partial charge in [0.15, 0.2) is 0 Å². The van der Waals surface area contributed by atoms with Crippen LogP contribution in [0.25, 0.3) is 0 Å². The summed E-state index contributed by atoms with van der Waals surface area (Å²) < 4.78 is 40.4. The zero-order valence-corrected chi connectivity index (χ0v) is 20.7. The second kappa shape index (κ2) is 10.6. The molecule has 3 heterocycles. The van der Waals surface area contributed by atoms with Gasteiger partial charge >= 0.3 is 0 Å². The van der Waals surface area contributed by atoms with Crippen LogP contribution in [-0.2, 0) is 31.0 Å². The van der Waals surface area contributed by atoms with Gasteiger partial charge in [0.05, 0.1) is 18.8 Å². The highest BCUT2D eigenvalue weighted by molar-refractivity contribution is 7.86. The molecule has 0 bridgehead atoms. The first kappa shape index (κ1) is 24.9. The number of amides is 2. The van der Waals surface area contributed by atoms with Gasteiger partial charge in [-0.3, -0.25) is 9.59 Å². The Bertz CT molecular complexity index is 999. The van der Waals surface area contributed by atoms with Gasteiger partial charge in [0.25, 0.3) is 10.2 Å². The fourth-order valence-electron chi connectivity index (χ4n) is 4.67. The van der Waals surface area contributed by atoms with Gasteiger partial charge in [-0.05, 0) is 50.5 Å². The minimum Gasteiger partial charge on any atom is -0.494 e. The Balaban J connectivity index is 1.19. The smallest absolute Gasteiger partial charge is 0.282 e. The van der Waals surface area contributed by atoms with Crippen molar-refractivity contribution in [3.05, 3.63) is 23.8 Å². The van der Waals surface area contributed by atoms with Gasteiger partial charge in [-0.25, -0.2) is 0 Å². The van der Waals surface area contributed by atoms with Crippen molar-refractivity contribution in [3.63, 3.8) is 0 Å². The lowest BCUT2D eigenvalue weighted by molar-refractivity contribution is -0.132. The second-order valence-corrected chi connectivity index (χ2v) is 11.1. The Morgan fingerprint density at radius 2 is 1.79 bits per heavy atom. The molecule has 3 aliphatic rings. The Morgan fingerprint density at radius 1 is 1.09 bits per heavy atom. The fraction of sp³-hybridized carbons (Fsp3) is 0.652. The molecule has 0 spiro atoms. The summed E-state index contributed by atoms with van der Waals surface area (Å²) in [6.45, 7) is 6.27. The zero-order valence-electron chi connectivity index (χ0n) is 19.9. The summed E-state index contributed by atoms with van der Waals surface area (Å²) in [5.74, 6) is 0.777. The van der Waals surface area contributed by atoms with Gasteiger partial charge in [-0.1, -0.05) is 0 Å². The van der Waals surface area contributed by atoms with Gasteiger partial charge in [0, 0.05) is 57.8 Å². The number of hydrogen-bond donors (Lipinski definition) is 1. The molecule has 188 valence electrons. The van der Waals surface area contributed by atoms with Crippen LogP contribution in [0.4, 0.5) is 5.69 Å². The summed E-state index contributed by atoms with van der Waals surface area (Å²) in [5, 5.41) is 2.85. The molecule has 1 aromatic rings. The van der Waals surface area contributed by atoms with E-state index in [1.165, 1.54) is 8.61 Å². The topological polar surface area (TPSA) is 108 Å². The van der Waals surface area contributed by atoms with Gasteiger partial charge < -0.3 is 19.7 Å². The summed E-state index contributed by atoms with van der Waals surface area (Å²) in [4.78, 5) is 25.8. The highest BCUT2D eigenvalue weighted by atomic mass is 32.2. The third-order valence-corrected chi connectivity index (χ3v) is 8.37. The van der Waals surface area contributed by atoms with E-state index in [1.54, 1.807) is 4.90 Å². The van der Waals surface area contributed by atoms with Crippen molar-refractivity contribution in [1.82, 2.24) is 13.5 Å². The molecule has 2 fully saturated rings. The molecule has 1 N–H and O–H groups in total. The number of anilines is 1. The molecule has 2 amide bonds. The Hall–Kier alpha value is -2.21. The van der Waals surface area contributed by atoms with E-state index in [4.69, 9.17) is 9.47 Å². The predicted molar refractivity (Wildman–Crippen MR) is 127 cm³/mol. The third-order valence-electron chi connectivity index (χ3n) is 6.41. The van der Waals surface area contributed by atoms with Gasteiger partial charge in [0.1, 0.15) is 5.75 Å². The summed E-state index contributed by atoms with van der Waals surface area (Å²) in [6.07, 6.45) is 1.84. The highest BCUT2D eigenvalue weighted by Gasteiger charge is 2.37. The molecule has 0 radical (unpaired) electrons. The van der Waals surface area contributed by atoms with Crippen LogP contribution in [-0.4, -0.2) is 91.8 Å². The molecule has 2 unspecified atom stereocenters. The Morgan fingerprint density at radius 3 is 2.50 bits per heavy atom. The van der Waals surface area contributed by atoms with E-state index >= 15 is 0 Å². The van der Waals surface area contributed by atoms with Gasteiger partial charge in [0.2, 0.25) is 11.8 Å². The Kier molecular flexibility index (Phi) is 7.76. The number of nitrogens with zero attached hydrogens (tertiary/aromatic N) is 3. The van der Waals surface area contributed by atoms with Gasteiger partial charge in [-0.2, -0.15) is 17.0 Å². The number of morpholine rings is 1. The molecule has 2 saturated heterocycles. The van der Waals surface area contributed by atoms with Crippen LogP contribution in [0, 0.1) is 0 Å². The van der Waals surface area contributed by atoms with Crippen LogP contribution in [0.15, 0.2) is 18.2 Å². The largest absolute Gasteiger partial charge is 0.494 e. The maximum atomic E-state index is 13.0. The molecule has 0 saturated carbocycles. The third kappa shape index (κ3) is 5.88. The molecule has 34 heavy (non-hydrogen) atoms. The quantitative estimate of drug-likeness (QED) is 0.571. The lowest BCUT2D eigenvalue weighted by Gasteiger charge is -2.40. The van der Waals surface area contributed by atoms with Crippen molar-refractivity contribution in [2.75, 3.05) is 51.2 Å². The van der Waals surface area contributed by atoms with Crippen molar-refractivity contribution in [2.45, 2.75) is 51.7 Å². The highest BCUT2D eigenvalue weighted by Crippen LogP contribution is 2.27. The van der Waals surface area contributed by atoms with Crippen LogP contribution < -0.4 is 10.1 Å². The maximum Gasteiger partial charge on any atom is 0.282 e. The summed E-state index contributed by atoms with van der Waals surface area (Å²) >= 11 is 0. The summed E-state index contributed by atoms with van der Waals surface area (Å²) in [7, 11) is -3.56. The molecule has 10 nitrogen and oxygen atoms in total. The zero-order chi connectivity index (χ0) is 24.3. The molecule has 0 aliphatic carbocycles. The van der Waals surface area contributed by atoms with Crippen molar-refractivity contribution >= 4 is 27.7 Å². The molecule has 11 heteroatoms. The van der Waals surface area contributed by atoms with Crippen molar-refractivity contribution in [2.24, 2.45) is 0 Å². The summed E-state index contributed by atoms with van der Waals surface area (Å²) in [6, 6.07) is 5.60. The van der Waals surface area contributed by atoms with Crippen molar-refractivity contribution in [1.29, 1.82) is 0 Å². The predicted octanol–water partition coefficient (Wildman–Crippen LogP) is 1.23. The first-order chi connectivity index (χ1) is 16.2. The van der Waals surface area contributed by atoms with Crippen molar-refractivity contribution < 1.29 is 27.5 Å². The normalized spacial score (nSPS) is 24.4. The average molecular weight is 495 g/mol. The molecular weight excluding hydrogens is 460 g/mol. The first-order valence-corrected chi connectivity index (χ1v) is 13.4. The van der Waals surface area contributed by atoms with E-state index < -0.39 is 10.2 Å². The number of benzene rings is 1. The monoisotopic (exact) mass is 494 g/mol. The van der Waals surface area contributed by atoms with Gasteiger partial charge in [-0.15, -0.1) is 0 Å². The number of nitrogens with one attached hydrogen (secondary N) is 1. The lowest BCUT2D eigenvalue weighted by atomic mass is 10.0. The van der Waals surface area contributed by atoms with Crippen LogP contribution in [0.1, 0.15) is 38.7 Å². The number of fused-ring (bicyclic) bond motifs is 1. The molecule has 3 aliphatic heterocycles. The standard InChI is InChI=1S/C23H34N4O6S/c1-17-15-27(16-18(2)33-17)34(30,31)26-11-9-25(10-12-26)23(29)4-3-13-32-20-6-7-21-19(14-20)5-8-22(28)24-21/h6-7,14,17-18H,3-5,8-13,15-16H2,1-2H3,(H,24,28). The van der Waals surface area contributed by atoms with E-state index in [0.29, 0.717) is 71.6 Å². The van der Waals surface area contributed by atoms with E-state index in [-0.39, 0.29) is 24.0 Å². The first-order valence-electron chi connectivity index (χ1n) is 12.0. The van der Waals surface area contributed by atoms with E-state index in [1.807, 2.05) is 32.0 Å². The van der Waals surface area contributed by atoms with E-state index in [9.17, 15) is 18.0 Å². The van der Waals surface area contributed by atoms with Crippen LogP contribution >= 0.6 is 0 Å². The minimum atomic E-state index is -3.56. The van der Waals surface area contributed by atoms with Crippen LogP contribution in [0.5, 0.6) is 5.75 Å². The summed E-state index contributed by atoms with van der Waals surface area (Å²) in [5.41, 5.74) is 1.89. The van der Waals surface area contributed by atoms with Crippen LogP contribution in [0.3, 0.4) is 0 Å². The lowest BCUT2D eigenvalue weighted by Crippen LogP contribution is -2.57.